The minimum absolute atomic E-state index is 0.148. The molecule has 0 aliphatic carbocycles. The number of phenols is 1. The summed E-state index contributed by atoms with van der Waals surface area (Å²) in [7, 11) is 1.17. The number of aliphatic hydroxyl groups is 1. The predicted molar refractivity (Wildman–Crippen MR) is 96.6 cm³/mol. The van der Waals surface area contributed by atoms with Gasteiger partial charge in [-0.15, -0.1) is 0 Å². The largest absolute Gasteiger partial charge is 0.506 e. The molecule has 7 heteroatoms. The van der Waals surface area contributed by atoms with Gasteiger partial charge in [0.1, 0.15) is 12.2 Å². The fraction of sp³-hybridized carbons (Fsp3) is 0.158. The molecule has 1 heterocycles. The number of methoxy groups -OCH3 is 1. The van der Waals surface area contributed by atoms with Crippen LogP contribution in [0, 0.1) is 0 Å². The van der Waals surface area contributed by atoms with Crippen molar-refractivity contribution in [3.05, 3.63) is 65.2 Å². The number of aromatic hydroxyl groups is 1. The number of hydrogen-bond donors (Lipinski definition) is 2. The zero-order chi connectivity index (χ0) is 18.9. The Bertz CT molecular complexity index is 893. The fourth-order valence-corrected chi connectivity index (χ4v) is 2.99. The first-order valence-corrected chi connectivity index (χ1v) is 8.14. The van der Waals surface area contributed by atoms with Crippen LogP contribution in [0.25, 0.3) is 5.70 Å². The second-order valence-electron chi connectivity index (χ2n) is 5.79. The van der Waals surface area contributed by atoms with E-state index in [1.165, 1.54) is 24.2 Å². The maximum absolute atomic E-state index is 12.6. The lowest BCUT2D eigenvalue weighted by atomic mass is 10.0. The summed E-state index contributed by atoms with van der Waals surface area (Å²) in [6, 6.07) is 12.9. The van der Waals surface area contributed by atoms with Crippen molar-refractivity contribution in [1.29, 1.82) is 0 Å². The number of anilines is 1. The molecule has 2 aromatic carbocycles. The lowest BCUT2D eigenvalue weighted by molar-refractivity contribution is -0.150. The molecule has 26 heavy (non-hydrogen) atoms. The molecule has 1 atom stereocenters. The van der Waals surface area contributed by atoms with Crippen LogP contribution in [0.5, 0.6) is 5.75 Å². The summed E-state index contributed by atoms with van der Waals surface area (Å²) >= 11 is 5.92. The summed E-state index contributed by atoms with van der Waals surface area (Å²) in [5, 5.41) is 21.8. The SMILES string of the molecule is COC(=O)CC1(O)C(=O)C=C(c2ccc(Cl)cc2)N1c1ccccc1O. The molecule has 0 aromatic heterocycles. The van der Waals surface area contributed by atoms with Crippen LogP contribution < -0.4 is 4.90 Å². The summed E-state index contributed by atoms with van der Waals surface area (Å²) in [6.45, 7) is 0. The number of benzene rings is 2. The van der Waals surface area contributed by atoms with Crippen LogP contribution >= 0.6 is 11.6 Å². The van der Waals surface area contributed by atoms with E-state index in [0.717, 1.165) is 0 Å². The number of ether oxygens (including phenoxy) is 1. The third kappa shape index (κ3) is 3.05. The van der Waals surface area contributed by atoms with Crippen molar-refractivity contribution in [3.8, 4) is 5.75 Å². The van der Waals surface area contributed by atoms with Crippen molar-refractivity contribution in [1.82, 2.24) is 0 Å². The first kappa shape index (κ1) is 18.0. The van der Waals surface area contributed by atoms with E-state index in [1.54, 1.807) is 42.5 Å². The molecular weight excluding hydrogens is 358 g/mol. The van der Waals surface area contributed by atoms with Crippen LogP contribution in [-0.2, 0) is 14.3 Å². The first-order chi connectivity index (χ1) is 12.4. The van der Waals surface area contributed by atoms with Crippen LogP contribution in [0.1, 0.15) is 12.0 Å². The zero-order valence-electron chi connectivity index (χ0n) is 13.8. The second kappa shape index (κ2) is 6.82. The van der Waals surface area contributed by atoms with Gasteiger partial charge in [-0.25, -0.2) is 0 Å². The molecular formula is C19H16ClNO5. The van der Waals surface area contributed by atoms with Gasteiger partial charge >= 0.3 is 5.97 Å². The molecule has 1 unspecified atom stereocenters. The third-order valence-electron chi connectivity index (χ3n) is 4.15. The third-order valence-corrected chi connectivity index (χ3v) is 4.41. The standard InChI is InChI=1S/C19H16ClNO5/c1-26-18(24)11-19(25)17(23)10-15(12-6-8-13(20)9-7-12)21(19)14-4-2-3-5-16(14)22/h2-10,22,25H,11H2,1H3. The van der Waals surface area contributed by atoms with Crippen LogP contribution in [0.3, 0.4) is 0 Å². The molecule has 3 rings (SSSR count). The van der Waals surface area contributed by atoms with E-state index >= 15 is 0 Å². The molecule has 0 saturated carbocycles. The van der Waals surface area contributed by atoms with Gasteiger partial charge in [0.05, 0.1) is 18.5 Å². The molecule has 0 fully saturated rings. The summed E-state index contributed by atoms with van der Waals surface area (Å²) in [5.74, 6) is -1.59. The highest BCUT2D eigenvalue weighted by molar-refractivity contribution is 6.30. The lowest BCUT2D eigenvalue weighted by Gasteiger charge is -2.35. The number of rotatable bonds is 4. The molecule has 0 saturated heterocycles. The average Bonchev–Trinajstić information content (AvgIpc) is 2.87. The van der Waals surface area contributed by atoms with Crippen molar-refractivity contribution < 1.29 is 24.5 Å². The molecule has 134 valence electrons. The van der Waals surface area contributed by atoms with E-state index in [1.807, 2.05) is 0 Å². The highest BCUT2D eigenvalue weighted by atomic mass is 35.5. The zero-order valence-corrected chi connectivity index (χ0v) is 14.6. The fourth-order valence-electron chi connectivity index (χ4n) is 2.87. The van der Waals surface area contributed by atoms with Crippen molar-refractivity contribution in [2.45, 2.75) is 12.1 Å². The number of ketones is 1. The topological polar surface area (TPSA) is 87.1 Å². The monoisotopic (exact) mass is 373 g/mol. The quantitative estimate of drug-likeness (QED) is 0.801. The minimum Gasteiger partial charge on any atom is -0.506 e. The molecule has 6 nitrogen and oxygen atoms in total. The highest BCUT2D eigenvalue weighted by Gasteiger charge is 2.50. The van der Waals surface area contributed by atoms with Crippen molar-refractivity contribution >= 4 is 34.7 Å². The highest BCUT2D eigenvalue weighted by Crippen LogP contribution is 2.43. The predicted octanol–water partition coefficient (Wildman–Crippen LogP) is 2.73. The summed E-state index contributed by atoms with van der Waals surface area (Å²) in [4.78, 5) is 25.7. The van der Waals surface area contributed by atoms with Crippen LogP contribution in [0.2, 0.25) is 5.02 Å². The van der Waals surface area contributed by atoms with E-state index in [9.17, 15) is 19.8 Å². The number of halogens is 1. The number of carbonyl (C=O) groups excluding carboxylic acids is 2. The Hall–Kier alpha value is -2.83. The van der Waals surface area contributed by atoms with Gasteiger partial charge in [-0.05, 0) is 29.8 Å². The van der Waals surface area contributed by atoms with Crippen molar-refractivity contribution in [3.63, 3.8) is 0 Å². The van der Waals surface area contributed by atoms with E-state index in [4.69, 9.17) is 11.6 Å². The molecule has 0 amide bonds. The van der Waals surface area contributed by atoms with Gasteiger partial charge in [0.25, 0.3) is 0 Å². The Labute approximate surface area is 154 Å². The molecule has 0 spiro atoms. The Morgan fingerprint density at radius 1 is 1.19 bits per heavy atom. The Morgan fingerprint density at radius 3 is 2.46 bits per heavy atom. The summed E-state index contributed by atoms with van der Waals surface area (Å²) < 4.78 is 4.62. The maximum atomic E-state index is 12.6. The van der Waals surface area contributed by atoms with E-state index in [0.29, 0.717) is 16.3 Å². The van der Waals surface area contributed by atoms with Gasteiger partial charge in [-0.2, -0.15) is 0 Å². The number of esters is 1. The van der Waals surface area contributed by atoms with E-state index in [-0.39, 0.29) is 11.4 Å². The lowest BCUT2D eigenvalue weighted by Crippen LogP contribution is -2.51. The van der Waals surface area contributed by atoms with E-state index < -0.39 is 23.9 Å². The van der Waals surface area contributed by atoms with Gasteiger partial charge in [-0.3, -0.25) is 9.59 Å². The average molecular weight is 374 g/mol. The Balaban J connectivity index is 2.16. The maximum Gasteiger partial charge on any atom is 0.310 e. The minimum atomic E-state index is -2.21. The first-order valence-electron chi connectivity index (χ1n) is 7.76. The number of nitrogens with zero attached hydrogens (tertiary/aromatic N) is 1. The van der Waals surface area contributed by atoms with E-state index in [2.05, 4.69) is 4.74 Å². The molecule has 1 aliphatic heterocycles. The second-order valence-corrected chi connectivity index (χ2v) is 6.23. The molecule has 2 aromatic rings. The number of phenolic OH excluding ortho intramolecular Hbond substituents is 1. The number of hydrogen-bond acceptors (Lipinski definition) is 6. The van der Waals surface area contributed by atoms with Gasteiger partial charge in [0, 0.05) is 11.1 Å². The number of carbonyl (C=O) groups is 2. The Kier molecular flexibility index (Phi) is 4.71. The van der Waals surface area contributed by atoms with Crippen molar-refractivity contribution in [2.24, 2.45) is 0 Å². The molecule has 2 N–H and O–H groups in total. The number of para-hydroxylation sites is 2. The van der Waals surface area contributed by atoms with Gasteiger partial charge in [-0.1, -0.05) is 35.9 Å². The smallest absolute Gasteiger partial charge is 0.310 e. The van der Waals surface area contributed by atoms with Crippen LogP contribution in [0.4, 0.5) is 5.69 Å². The van der Waals surface area contributed by atoms with Crippen LogP contribution in [0.15, 0.2) is 54.6 Å². The van der Waals surface area contributed by atoms with Gasteiger partial charge < -0.3 is 19.8 Å². The van der Waals surface area contributed by atoms with Crippen molar-refractivity contribution in [2.75, 3.05) is 12.0 Å². The molecule has 0 radical (unpaired) electrons. The van der Waals surface area contributed by atoms with Gasteiger partial charge in [0.2, 0.25) is 11.5 Å². The van der Waals surface area contributed by atoms with Crippen LogP contribution in [-0.4, -0.2) is 34.8 Å². The summed E-state index contributed by atoms with van der Waals surface area (Å²) in [5.41, 5.74) is -1.10. The van der Waals surface area contributed by atoms with Gasteiger partial charge in [0.15, 0.2) is 0 Å². The normalized spacial score (nSPS) is 19.4. The molecule has 0 bridgehead atoms. The Morgan fingerprint density at radius 2 is 1.85 bits per heavy atom. The summed E-state index contributed by atoms with van der Waals surface area (Å²) in [6.07, 6.45) is 0.642. The molecule has 1 aliphatic rings.